The van der Waals surface area contributed by atoms with E-state index in [1.54, 1.807) is 4.90 Å². The number of rotatable bonds is 2. The number of hydrogen-bond donors (Lipinski definition) is 0. The molecule has 0 saturated carbocycles. The molecule has 0 aromatic carbocycles. The summed E-state index contributed by atoms with van der Waals surface area (Å²) in [6.07, 6.45) is 1.18. The lowest BCUT2D eigenvalue weighted by Crippen LogP contribution is -2.36. The van der Waals surface area contributed by atoms with Gasteiger partial charge in [-0.15, -0.1) is 11.6 Å². The molecule has 0 aromatic heterocycles. The third-order valence-corrected chi connectivity index (χ3v) is 2.86. The fourth-order valence-electron chi connectivity index (χ4n) is 1.94. The van der Waals surface area contributed by atoms with Gasteiger partial charge in [-0.25, -0.2) is 0 Å². The Balaban J connectivity index is 1.90. The summed E-state index contributed by atoms with van der Waals surface area (Å²) < 4.78 is 11.0. The van der Waals surface area contributed by atoms with E-state index in [1.807, 2.05) is 0 Å². The molecule has 2 aliphatic heterocycles. The first-order valence-electron chi connectivity index (χ1n) is 4.87. The van der Waals surface area contributed by atoms with Crippen LogP contribution in [0.2, 0.25) is 0 Å². The highest BCUT2D eigenvalue weighted by atomic mass is 35.5. The molecule has 0 bridgehead atoms. The summed E-state index contributed by atoms with van der Waals surface area (Å²) in [5, 5.41) is 0. The molecule has 0 radical (unpaired) electrons. The zero-order valence-electron chi connectivity index (χ0n) is 8.00. The molecule has 80 valence electrons. The van der Waals surface area contributed by atoms with E-state index in [2.05, 4.69) is 0 Å². The lowest BCUT2D eigenvalue weighted by atomic mass is 10.2. The molecule has 0 aliphatic carbocycles. The van der Waals surface area contributed by atoms with Gasteiger partial charge in [0.15, 0.2) is 5.79 Å². The van der Waals surface area contributed by atoms with Crippen molar-refractivity contribution in [2.75, 3.05) is 32.2 Å². The quantitative estimate of drug-likeness (QED) is 0.639. The molecule has 0 atom stereocenters. The summed E-state index contributed by atoms with van der Waals surface area (Å²) in [5.74, 6) is -0.0255. The lowest BCUT2D eigenvalue weighted by molar-refractivity contribution is -0.152. The Morgan fingerprint density at radius 1 is 1.43 bits per heavy atom. The molecule has 4 nitrogen and oxygen atoms in total. The second-order valence-electron chi connectivity index (χ2n) is 3.61. The van der Waals surface area contributed by atoms with Gasteiger partial charge >= 0.3 is 0 Å². The minimum atomic E-state index is -0.498. The molecule has 2 saturated heterocycles. The maximum atomic E-state index is 11.5. The Bertz CT molecular complexity index is 228. The maximum absolute atomic E-state index is 11.5. The molecular formula is C9H14ClNO3. The summed E-state index contributed by atoms with van der Waals surface area (Å²) >= 11 is 5.52. The highest BCUT2D eigenvalue weighted by molar-refractivity contribution is 6.18. The van der Waals surface area contributed by atoms with Gasteiger partial charge in [0.2, 0.25) is 5.91 Å². The third-order valence-electron chi connectivity index (χ3n) is 2.67. The van der Waals surface area contributed by atoms with Crippen LogP contribution in [0.4, 0.5) is 0 Å². The first-order valence-corrected chi connectivity index (χ1v) is 5.41. The molecule has 0 unspecified atom stereocenters. The average molecular weight is 220 g/mol. The van der Waals surface area contributed by atoms with Crippen LogP contribution < -0.4 is 0 Å². The van der Waals surface area contributed by atoms with Gasteiger partial charge in [0.05, 0.1) is 19.8 Å². The van der Waals surface area contributed by atoms with E-state index in [4.69, 9.17) is 21.1 Å². The molecule has 2 fully saturated rings. The van der Waals surface area contributed by atoms with Crippen molar-refractivity contribution in [3.05, 3.63) is 0 Å². The molecular weight excluding hydrogens is 206 g/mol. The number of nitrogens with zero attached hydrogens (tertiary/aromatic N) is 1. The fourth-order valence-corrected chi connectivity index (χ4v) is 2.10. The predicted molar refractivity (Wildman–Crippen MR) is 51.2 cm³/mol. The van der Waals surface area contributed by atoms with Crippen molar-refractivity contribution in [3.63, 3.8) is 0 Å². The Hall–Kier alpha value is -0.320. The van der Waals surface area contributed by atoms with E-state index in [9.17, 15) is 4.79 Å². The van der Waals surface area contributed by atoms with Crippen LogP contribution in [0.25, 0.3) is 0 Å². The van der Waals surface area contributed by atoms with Crippen LogP contribution in [-0.2, 0) is 14.3 Å². The van der Waals surface area contributed by atoms with Gasteiger partial charge in [-0.1, -0.05) is 0 Å². The number of halogens is 1. The minimum absolute atomic E-state index is 0.0935. The monoisotopic (exact) mass is 219 g/mol. The summed E-state index contributed by atoms with van der Waals surface area (Å²) in [6.45, 7) is 2.55. The van der Waals surface area contributed by atoms with Crippen LogP contribution in [-0.4, -0.2) is 48.8 Å². The van der Waals surface area contributed by atoms with Gasteiger partial charge in [0, 0.05) is 25.3 Å². The van der Waals surface area contributed by atoms with Crippen LogP contribution in [0.1, 0.15) is 12.8 Å². The smallest absolute Gasteiger partial charge is 0.223 e. The maximum Gasteiger partial charge on any atom is 0.223 e. The zero-order valence-corrected chi connectivity index (χ0v) is 8.76. The summed E-state index contributed by atoms with van der Waals surface area (Å²) in [5.41, 5.74) is 0. The highest BCUT2D eigenvalue weighted by Gasteiger charge is 2.44. The average Bonchev–Trinajstić information content (AvgIpc) is 2.78. The Morgan fingerprint density at radius 2 is 2.14 bits per heavy atom. The number of carbonyl (C=O) groups is 1. The number of ether oxygens (including phenoxy) is 2. The minimum Gasteiger partial charge on any atom is -0.346 e. The normalized spacial score (nSPS) is 24.8. The molecule has 1 spiro atoms. The Morgan fingerprint density at radius 3 is 2.79 bits per heavy atom. The van der Waals surface area contributed by atoms with Crippen molar-refractivity contribution in [1.29, 1.82) is 0 Å². The topological polar surface area (TPSA) is 38.8 Å². The van der Waals surface area contributed by atoms with Gasteiger partial charge in [-0.05, 0) is 0 Å². The molecule has 0 aromatic rings. The van der Waals surface area contributed by atoms with Crippen LogP contribution in [0, 0.1) is 0 Å². The second-order valence-corrected chi connectivity index (χ2v) is 3.99. The van der Waals surface area contributed by atoms with E-state index in [1.165, 1.54) is 0 Å². The second kappa shape index (κ2) is 4.04. The van der Waals surface area contributed by atoms with Gasteiger partial charge < -0.3 is 14.4 Å². The summed E-state index contributed by atoms with van der Waals surface area (Å²) in [7, 11) is 0. The Kier molecular flexibility index (Phi) is 2.95. The summed E-state index contributed by atoms with van der Waals surface area (Å²) in [4.78, 5) is 13.3. The zero-order chi connectivity index (χ0) is 10.0. The van der Waals surface area contributed by atoms with Crippen molar-refractivity contribution in [3.8, 4) is 0 Å². The van der Waals surface area contributed by atoms with Crippen LogP contribution in [0.3, 0.4) is 0 Å². The SMILES string of the molecule is O=C(CCCl)N1CCC2(C1)OCCO2. The van der Waals surface area contributed by atoms with Crippen molar-refractivity contribution >= 4 is 17.5 Å². The fraction of sp³-hybridized carbons (Fsp3) is 0.889. The van der Waals surface area contributed by atoms with E-state index in [0.29, 0.717) is 32.1 Å². The van der Waals surface area contributed by atoms with E-state index in [-0.39, 0.29) is 5.91 Å². The molecule has 2 aliphatic rings. The van der Waals surface area contributed by atoms with Crippen LogP contribution >= 0.6 is 11.6 Å². The largest absolute Gasteiger partial charge is 0.346 e. The molecule has 2 heterocycles. The highest BCUT2D eigenvalue weighted by Crippen LogP contribution is 2.30. The molecule has 1 amide bonds. The van der Waals surface area contributed by atoms with Gasteiger partial charge in [0.1, 0.15) is 0 Å². The standard InChI is InChI=1S/C9H14ClNO3/c10-3-1-8(12)11-4-2-9(7-11)13-5-6-14-9/h1-7H2. The molecule has 14 heavy (non-hydrogen) atoms. The number of hydrogen-bond acceptors (Lipinski definition) is 3. The summed E-state index contributed by atoms with van der Waals surface area (Å²) in [6, 6.07) is 0. The molecule has 5 heteroatoms. The van der Waals surface area contributed by atoms with Gasteiger partial charge in [0.25, 0.3) is 0 Å². The number of carbonyl (C=O) groups excluding carboxylic acids is 1. The molecule has 0 N–H and O–H groups in total. The third kappa shape index (κ3) is 1.87. The number of alkyl halides is 1. The van der Waals surface area contributed by atoms with Crippen LogP contribution in [0.5, 0.6) is 0 Å². The van der Waals surface area contributed by atoms with Gasteiger partial charge in [-0.3, -0.25) is 4.79 Å². The number of amides is 1. The van der Waals surface area contributed by atoms with Gasteiger partial charge in [-0.2, -0.15) is 0 Å². The lowest BCUT2D eigenvalue weighted by Gasteiger charge is -2.22. The van der Waals surface area contributed by atoms with E-state index < -0.39 is 5.79 Å². The van der Waals surface area contributed by atoms with Crippen LogP contribution in [0.15, 0.2) is 0 Å². The van der Waals surface area contributed by atoms with E-state index in [0.717, 1.165) is 13.0 Å². The van der Waals surface area contributed by atoms with Crippen molar-refractivity contribution in [2.45, 2.75) is 18.6 Å². The van der Waals surface area contributed by atoms with E-state index >= 15 is 0 Å². The molecule has 2 rings (SSSR count). The van der Waals surface area contributed by atoms with Crippen molar-refractivity contribution in [2.24, 2.45) is 0 Å². The first kappa shape index (κ1) is 10.2. The Labute approximate surface area is 88.1 Å². The van der Waals surface area contributed by atoms with Crippen molar-refractivity contribution in [1.82, 2.24) is 4.90 Å². The first-order chi connectivity index (χ1) is 6.76. The van der Waals surface area contributed by atoms with Crippen molar-refractivity contribution < 1.29 is 14.3 Å². The predicted octanol–water partition coefficient (Wildman–Crippen LogP) is 0.591. The number of likely N-dealkylation sites (tertiary alicyclic amines) is 1.